The summed E-state index contributed by atoms with van der Waals surface area (Å²) in [6.07, 6.45) is 54.6. The first-order chi connectivity index (χ1) is 42.2. The van der Waals surface area contributed by atoms with Gasteiger partial charge in [0.2, 0.25) is 0 Å². The Morgan fingerprint density at radius 1 is 0.446 bits per heavy atom. The van der Waals surface area contributed by atoms with Crippen molar-refractivity contribution in [3.8, 4) is 0 Å². The Balaban J connectivity index is 0.000000239. The number of Topliss-reactive ketones (excluding diaryl/α,β-unsaturated/α-hetero) is 3. The topological polar surface area (TPSA) is 241 Å². The van der Waals surface area contributed by atoms with Gasteiger partial charge in [-0.05, 0) is 264 Å². The number of methoxy groups -OCH3 is 1. The summed E-state index contributed by atoms with van der Waals surface area (Å²) in [5, 5.41) is 29.6. The predicted octanol–water partition coefficient (Wildman–Crippen LogP) is 18.9. The summed E-state index contributed by atoms with van der Waals surface area (Å²) in [7, 11) is 1.82. The highest BCUT2D eigenvalue weighted by atomic mass is 16.5. The molecule has 14 rings (SSSR count). The summed E-state index contributed by atoms with van der Waals surface area (Å²) in [6.45, 7) is 15.6. The van der Waals surface area contributed by atoms with Crippen LogP contribution in [0.1, 0.15) is 281 Å². The molecule has 0 spiro atoms. The molecule has 4 saturated carbocycles. The molecule has 0 radical (unpaired) electrons. The number of hydrogen-bond donors (Lipinski definition) is 4. The minimum Gasteiger partial charge on any atom is -0.501 e. The van der Waals surface area contributed by atoms with Gasteiger partial charge in [-0.15, -0.1) is 13.2 Å². The quantitative estimate of drug-likeness (QED) is 0.152. The predicted molar refractivity (Wildman–Crippen MR) is 369 cm³/mol. The summed E-state index contributed by atoms with van der Waals surface area (Å²) in [5.74, 6) is 2.22. The Bertz CT molecular complexity index is 2800. The molecule has 0 bridgehead atoms. The Kier molecular flexibility index (Phi) is 31.0. The number of rotatable bonds is 3. The van der Waals surface area contributed by atoms with Crippen LogP contribution in [0.5, 0.6) is 0 Å². The van der Waals surface area contributed by atoms with Crippen molar-refractivity contribution in [1.82, 2.24) is 0 Å². The molecular formula is C79H120O13. The maximum atomic E-state index is 11.7. The fourth-order valence-corrected chi connectivity index (χ4v) is 19.5. The lowest BCUT2D eigenvalue weighted by atomic mass is 9.53. The van der Waals surface area contributed by atoms with Crippen LogP contribution >= 0.6 is 0 Å². The molecular weight excluding hydrogens is 1160 g/mol. The monoisotopic (exact) mass is 1280 g/mol. The van der Waals surface area contributed by atoms with Crippen LogP contribution in [-0.2, 0) is 38.3 Å². The summed E-state index contributed by atoms with van der Waals surface area (Å²) in [6, 6.07) is 0. The van der Waals surface area contributed by atoms with Gasteiger partial charge in [0.15, 0.2) is 0 Å². The summed E-state index contributed by atoms with van der Waals surface area (Å²) < 4.78 is 5.51. The molecule has 0 heterocycles. The van der Waals surface area contributed by atoms with E-state index >= 15 is 0 Å². The van der Waals surface area contributed by atoms with E-state index in [4.69, 9.17) is 44.3 Å². The third-order valence-electron chi connectivity index (χ3n) is 24.1. The molecule has 6 N–H and O–H groups in total. The first-order valence-electron chi connectivity index (χ1n) is 34.3. The number of ether oxygens (including phenoxy) is 1. The van der Waals surface area contributed by atoms with Gasteiger partial charge in [0.1, 0.15) is 17.3 Å². The van der Waals surface area contributed by atoms with Gasteiger partial charge in [-0.3, -0.25) is 14.4 Å². The van der Waals surface area contributed by atoms with Crippen LogP contribution in [0.25, 0.3) is 0 Å². The van der Waals surface area contributed by atoms with Gasteiger partial charge in [-0.2, -0.15) is 0 Å². The van der Waals surface area contributed by atoms with Gasteiger partial charge < -0.3 is 30.6 Å². The van der Waals surface area contributed by atoms with E-state index in [2.05, 4.69) is 58.2 Å². The molecule has 514 valence electrons. The van der Waals surface area contributed by atoms with Gasteiger partial charge in [0.25, 0.3) is 0 Å². The first-order valence-corrected chi connectivity index (χ1v) is 34.3. The minimum absolute atomic E-state index is 0. The van der Waals surface area contributed by atoms with Crippen LogP contribution < -0.4 is 0 Å². The van der Waals surface area contributed by atoms with Crippen molar-refractivity contribution in [2.45, 2.75) is 281 Å². The highest BCUT2D eigenvalue weighted by molar-refractivity contribution is 6.27. The zero-order valence-corrected chi connectivity index (χ0v) is 54.6. The lowest BCUT2D eigenvalue weighted by Crippen LogP contribution is -2.43. The highest BCUT2D eigenvalue weighted by Crippen LogP contribution is 2.65. The molecule has 13 nitrogen and oxygen atoms in total. The van der Waals surface area contributed by atoms with Crippen LogP contribution in [0.2, 0.25) is 0 Å². The van der Waals surface area contributed by atoms with E-state index in [1.54, 1.807) is 50.2 Å². The summed E-state index contributed by atoms with van der Waals surface area (Å²) in [5.41, 5.74) is 19.2. The van der Waals surface area contributed by atoms with Gasteiger partial charge >= 0.3 is 23.9 Å². The fraction of sp³-hybridized carbons (Fsp3) is 0.684. The second kappa shape index (κ2) is 36.3. The molecule has 0 saturated heterocycles. The molecule has 0 aliphatic heterocycles. The van der Waals surface area contributed by atoms with Crippen LogP contribution in [0.4, 0.5) is 0 Å². The summed E-state index contributed by atoms with van der Waals surface area (Å²) >= 11 is 0. The molecule has 0 aromatic rings. The smallest absolute Gasteiger partial charge is 0.414 e. The highest BCUT2D eigenvalue weighted by Gasteiger charge is 2.56. The number of allylic oxidation sites excluding steroid dienone is 15. The standard InChI is InChI=1S/C21H30O.C20H28O.C11H16.2C10H14O.2C2H2O4.3CH4.H2O/c1-4-15-6-10-20-19-8-5-14-13-16(22-3)7-9-17(14)18(19)11-12-21(15,20)2;1-3-14-5-9-19-18-7-4-13-12-15(21)6-8-16(13)17(18)10-11-20(14,19)2;1-9-6-7-10-4-2-3-5-11(10)8-9;2*11-10-6-5-8-3-1-2-4-9(8)7-10;2*3-1(4)2(5)6;;;;/h4,7,15,18-20H,1,5-6,8-13H2,2-3H3;3,14,17-19H,1,4-12H2,2H3;6H,2-5,7-8H2,1H3;2*1-7H2;2*(H,3,4)(H,5,6);3*1H4;1H2/t15-,18?,19?,20?,21+;14-,17?,18?,19?,20+;;;;;;;;;/m00........./s1. The molecule has 14 aliphatic carbocycles. The number of ketones is 3. The van der Waals surface area contributed by atoms with Crippen molar-refractivity contribution < 1.29 is 64.2 Å². The average molecular weight is 1280 g/mol. The molecule has 4 fully saturated rings. The van der Waals surface area contributed by atoms with E-state index in [1.807, 2.05) is 7.11 Å². The Hall–Kier alpha value is -5.69. The number of hydrogen-bond acceptors (Lipinski definition) is 8. The minimum atomic E-state index is -1.82. The molecule has 0 amide bonds. The van der Waals surface area contributed by atoms with E-state index < -0.39 is 23.9 Å². The van der Waals surface area contributed by atoms with E-state index in [1.165, 1.54) is 184 Å². The lowest BCUT2D eigenvalue weighted by Gasteiger charge is -2.52. The Labute approximate surface area is 553 Å². The lowest BCUT2D eigenvalue weighted by molar-refractivity contribution is -0.159. The number of aliphatic carboxylic acids is 4. The number of fused-ring (bicyclic) bond motifs is 8. The largest absolute Gasteiger partial charge is 0.501 e. The van der Waals surface area contributed by atoms with E-state index in [-0.39, 0.29) is 27.8 Å². The van der Waals surface area contributed by atoms with Crippen molar-refractivity contribution in [3.63, 3.8) is 0 Å². The van der Waals surface area contributed by atoms with Crippen molar-refractivity contribution in [1.29, 1.82) is 0 Å². The molecule has 6 unspecified atom stereocenters. The van der Waals surface area contributed by atoms with Crippen molar-refractivity contribution in [3.05, 3.63) is 105 Å². The Morgan fingerprint density at radius 2 is 0.826 bits per heavy atom. The third kappa shape index (κ3) is 19.3. The van der Waals surface area contributed by atoms with E-state index in [0.717, 1.165) is 118 Å². The fourth-order valence-electron chi connectivity index (χ4n) is 19.5. The molecule has 0 aromatic carbocycles. The van der Waals surface area contributed by atoms with Gasteiger partial charge in [0.05, 0.1) is 12.9 Å². The number of carboxylic acids is 4. The van der Waals surface area contributed by atoms with Crippen molar-refractivity contribution in [2.75, 3.05) is 7.11 Å². The van der Waals surface area contributed by atoms with Gasteiger partial charge in [0, 0.05) is 44.9 Å². The molecule has 92 heavy (non-hydrogen) atoms. The normalized spacial score (nSPS) is 30.9. The maximum absolute atomic E-state index is 11.7. The van der Waals surface area contributed by atoms with Crippen LogP contribution in [0.3, 0.4) is 0 Å². The molecule has 13 heteroatoms. The molecule has 10 atom stereocenters. The number of carbonyl (C=O) groups excluding carboxylic acids is 3. The van der Waals surface area contributed by atoms with Crippen LogP contribution in [0, 0.1) is 58.2 Å². The van der Waals surface area contributed by atoms with Gasteiger partial charge in [-0.25, -0.2) is 19.2 Å². The first kappa shape index (κ1) is 78.8. The van der Waals surface area contributed by atoms with E-state index in [9.17, 15) is 14.4 Å². The SMILES string of the molecule is C.C.C.C=C[C@H]1CCC2C3CCC4=C(CC=C(OC)C4)C3CC[C@@]21C.C=C[C@H]1CCC2C3CCC4=C(CCC(=O)C4)C3CC[C@@]21C.CC1=CCC2=C(CCCC2)C1.O.O=C(O)C(=O)O.O=C(O)C(=O)O.O=C1CCC2=C(CCCC2)C1.O=C1CCC2=C(CCCC2)C1. The molecule has 14 aliphatic rings. The average Bonchev–Trinajstić information content (AvgIpc) is 1.46. The van der Waals surface area contributed by atoms with E-state index in [0.29, 0.717) is 28.2 Å². The summed E-state index contributed by atoms with van der Waals surface area (Å²) in [4.78, 5) is 70.3. The zero-order chi connectivity index (χ0) is 63.3. The maximum Gasteiger partial charge on any atom is 0.414 e. The second-order valence-electron chi connectivity index (χ2n) is 28.8. The van der Waals surface area contributed by atoms with Gasteiger partial charge in [-0.1, -0.05) is 116 Å². The third-order valence-corrected chi connectivity index (χ3v) is 24.1. The number of carbonyl (C=O) groups is 7. The van der Waals surface area contributed by atoms with Crippen molar-refractivity contribution in [2.24, 2.45) is 58.2 Å². The Morgan fingerprint density at radius 3 is 1.25 bits per heavy atom. The zero-order valence-electron chi connectivity index (χ0n) is 54.6. The van der Waals surface area contributed by atoms with Crippen LogP contribution in [0.15, 0.2) is 105 Å². The van der Waals surface area contributed by atoms with Crippen molar-refractivity contribution >= 4 is 41.2 Å². The number of carboxylic acid groups (broad SMARTS) is 4. The second-order valence-corrected chi connectivity index (χ2v) is 28.8. The molecule has 0 aromatic heterocycles. The van der Waals surface area contributed by atoms with Crippen LogP contribution in [-0.4, -0.2) is 74.2 Å².